The summed E-state index contributed by atoms with van der Waals surface area (Å²) in [7, 11) is 0. The fourth-order valence-corrected chi connectivity index (χ4v) is 3.80. The molecule has 1 aliphatic heterocycles. The number of hydrogen-bond donors (Lipinski definition) is 3. The van der Waals surface area contributed by atoms with Gasteiger partial charge in [-0.3, -0.25) is 14.7 Å². The van der Waals surface area contributed by atoms with Crippen LogP contribution in [-0.2, 0) is 11.4 Å². The number of nitrogens with one attached hydrogen (secondary N) is 2. The van der Waals surface area contributed by atoms with Crippen LogP contribution >= 0.6 is 0 Å². The molecule has 2 heterocycles. The molecule has 0 unspecified atom stereocenters. The average molecular weight is 390 g/mol. The van der Waals surface area contributed by atoms with Crippen LogP contribution in [0.3, 0.4) is 0 Å². The molecule has 0 atom stereocenters. The van der Waals surface area contributed by atoms with Gasteiger partial charge < -0.3 is 15.7 Å². The van der Waals surface area contributed by atoms with Gasteiger partial charge in [-0.25, -0.2) is 0 Å². The number of carbonyl (C=O) groups excluding carboxylic acids is 1. The minimum absolute atomic E-state index is 0.0147. The van der Waals surface area contributed by atoms with E-state index in [1.165, 1.54) is 0 Å². The van der Waals surface area contributed by atoms with Crippen molar-refractivity contribution in [1.82, 2.24) is 9.88 Å². The molecule has 0 aliphatic carbocycles. The van der Waals surface area contributed by atoms with Crippen molar-refractivity contribution in [2.24, 2.45) is 0 Å². The predicted octanol–water partition coefficient (Wildman–Crippen LogP) is 3.24. The van der Waals surface area contributed by atoms with Crippen molar-refractivity contribution in [2.75, 3.05) is 30.3 Å². The van der Waals surface area contributed by atoms with Crippen LogP contribution in [0, 0.1) is 0 Å². The number of para-hydroxylation sites is 2. The maximum absolute atomic E-state index is 12.4. The van der Waals surface area contributed by atoms with Gasteiger partial charge in [0.2, 0.25) is 5.91 Å². The lowest BCUT2D eigenvalue weighted by atomic mass is 10.0. The summed E-state index contributed by atoms with van der Waals surface area (Å²) >= 11 is 0. The first-order chi connectivity index (χ1) is 14.2. The molecule has 0 radical (unpaired) electrons. The largest absolute Gasteiger partial charge is 0.392 e. The standard InChI is InChI=1S/C23H26N4O2/c28-16-18-6-2-4-8-22(18)25-19-9-11-27(12-10-19)15-23(29)26-20-13-17-5-1-3-7-21(17)24-14-20/h1-8,13-14,19,25,28H,9-12,15-16H2,(H,26,29). The van der Waals surface area contributed by atoms with Gasteiger partial charge in [0.1, 0.15) is 0 Å². The summed E-state index contributed by atoms with van der Waals surface area (Å²) < 4.78 is 0. The van der Waals surface area contributed by atoms with E-state index in [-0.39, 0.29) is 12.5 Å². The number of piperidine rings is 1. The van der Waals surface area contributed by atoms with Crippen LogP contribution in [0.1, 0.15) is 18.4 Å². The molecule has 2 aromatic carbocycles. The quantitative estimate of drug-likeness (QED) is 0.602. The van der Waals surface area contributed by atoms with Gasteiger partial charge in [-0.1, -0.05) is 36.4 Å². The molecule has 1 amide bonds. The lowest BCUT2D eigenvalue weighted by Gasteiger charge is -2.32. The maximum atomic E-state index is 12.4. The smallest absolute Gasteiger partial charge is 0.238 e. The Bertz CT molecular complexity index is 983. The van der Waals surface area contributed by atoms with Gasteiger partial charge in [-0.05, 0) is 31.0 Å². The third-order valence-electron chi connectivity index (χ3n) is 5.38. The number of nitrogens with zero attached hydrogens (tertiary/aromatic N) is 2. The van der Waals surface area contributed by atoms with Gasteiger partial charge in [0.05, 0.1) is 30.6 Å². The predicted molar refractivity (Wildman–Crippen MR) is 116 cm³/mol. The first-order valence-electron chi connectivity index (χ1n) is 10.0. The number of hydrogen-bond acceptors (Lipinski definition) is 5. The lowest BCUT2D eigenvalue weighted by Crippen LogP contribution is -2.42. The second-order valence-electron chi connectivity index (χ2n) is 7.47. The highest BCUT2D eigenvalue weighted by atomic mass is 16.3. The van der Waals surface area contributed by atoms with Gasteiger partial charge >= 0.3 is 0 Å². The van der Waals surface area contributed by atoms with Gasteiger partial charge in [-0.15, -0.1) is 0 Å². The number of fused-ring (bicyclic) bond motifs is 1. The number of rotatable bonds is 6. The summed E-state index contributed by atoms with van der Waals surface area (Å²) in [5, 5.41) is 17.0. The Kier molecular flexibility index (Phi) is 6.03. The summed E-state index contributed by atoms with van der Waals surface area (Å²) in [6.45, 7) is 2.14. The highest BCUT2D eigenvalue weighted by Gasteiger charge is 2.21. The van der Waals surface area contributed by atoms with E-state index in [9.17, 15) is 9.90 Å². The van der Waals surface area contributed by atoms with Crippen molar-refractivity contribution < 1.29 is 9.90 Å². The molecule has 1 aromatic heterocycles. The third-order valence-corrected chi connectivity index (χ3v) is 5.38. The highest BCUT2D eigenvalue weighted by molar-refractivity contribution is 5.94. The zero-order chi connectivity index (χ0) is 20.1. The van der Waals surface area contributed by atoms with E-state index in [2.05, 4.69) is 20.5 Å². The lowest BCUT2D eigenvalue weighted by molar-refractivity contribution is -0.117. The zero-order valence-corrected chi connectivity index (χ0v) is 16.3. The van der Waals surface area contributed by atoms with Crippen molar-refractivity contribution >= 4 is 28.2 Å². The van der Waals surface area contributed by atoms with Crippen molar-refractivity contribution in [3.8, 4) is 0 Å². The van der Waals surface area contributed by atoms with E-state index in [0.717, 1.165) is 53.8 Å². The van der Waals surface area contributed by atoms with Gasteiger partial charge in [0.15, 0.2) is 0 Å². The second kappa shape index (κ2) is 9.03. The molecular formula is C23H26N4O2. The van der Waals surface area contributed by atoms with Crippen LogP contribution in [-0.4, -0.2) is 46.6 Å². The number of aromatic nitrogens is 1. The number of pyridine rings is 1. The van der Waals surface area contributed by atoms with E-state index in [1.54, 1.807) is 6.20 Å². The Morgan fingerprint density at radius 3 is 2.69 bits per heavy atom. The Hall–Kier alpha value is -2.96. The molecule has 4 rings (SSSR count). The summed E-state index contributed by atoms with van der Waals surface area (Å²) in [5.74, 6) is -0.0147. The van der Waals surface area contributed by atoms with Crippen LogP contribution in [0.5, 0.6) is 0 Å². The second-order valence-corrected chi connectivity index (χ2v) is 7.47. The number of likely N-dealkylation sites (tertiary alicyclic amines) is 1. The summed E-state index contributed by atoms with van der Waals surface area (Å²) in [6.07, 6.45) is 3.63. The molecule has 29 heavy (non-hydrogen) atoms. The van der Waals surface area contributed by atoms with E-state index in [0.29, 0.717) is 12.6 Å². The van der Waals surface area contributed by atoms with E-state index in [1.807, 2.05) is 54.6 Å². The normalized spacial score (nSPS) is 15.3. The third kappa shape index (κ3) is 4.91. The van der Waals surface area contributed by atoms with E-state index < -0.39 is 0 Å². The Morgan fingerprint density at radius 2 is 1.86 bits per heavy atom. The van der Waals surface area contributed by atoms with Gasteiger partial charge in [-0.2, -0.15) is 0 Å². The van der Waals surface area contributed by atoms with Crippen molar-refractivity contribution in [3.05, 3.63) is 66.4 Å². The SMILES string of the molecule is O=C(CN1CCC(Nc2ccccc2CO)CC1)Nc1cnc2ccccc2c1. The Labute approximate surface area is 170 Å². The molecule has 0 bridgehead atoms. The van der Waals surface area contributed by atoms with Crippen molar-refractivity contribution in [2.45, 2.75) is 25.5 Å². The van der Waals surface area contributed by atoms with E-state index >= 15 is 0 Å². The van der Waals surface area contributed by atoms with Crippen LogP contribution in [0.4, 0.5) is 11.4 Å². The topological polar surface area (TPSA) is 77.5 Å². The summed E-state index contributed by atoms with van der Waals surface area (Å²) in [4.78, 5) is 19.0. The molecule has 1 fully saturated rings. The molecular weight excluding hydrogens is 364 g/mol. The summed E-state index contributed by atoms with van der Waals surface area (Å²) in [6, 6.07) is 18.0. The number of amides is 1. The van der Waals surface area contributed by atoms with Crippen LogP contribution in [0.15, 0.2) is 60.8 Å². The first-order valence-corrected chi connectivity index (χ1v) is 10.0. The van der Waals surface area contributed by atoms with Crippen LogP contribution in [0.25, 0.3) is 10.9 Å². The Morgan fingerprint density at radius 1 is 1.10 bits per heavy atom. The molecule has 0 saturated carbocycles. The van der Waals surface area contributed by atoms with Crippen LogP contribution < -0.4 is 10.6 Å². The molecule has 6 heteroatoms. The first kappa shape index (κ1) is 19.4. The van der Waals surface area contributed by atoms with Crippen molar-refractivity contribution in [3.63, 3.8) is 0 Å². The highest BCUT2D eigenvalue weighted by Crippen LogP contribution is 2.21. The van der Waals surface area contributed by atoms with Crippen LogP contribution in [0.2, 0.25) is 0 Å². The molecule has 150 valence electrons. The molecule has 1 aliphatic rings. The molecule has 0 spiro atoms. The number of anilines is 2. The van der Waals surface area contributed by atoms with Crippen molar-refractivity contribution in [1.29, 1.82) is 0 Å². The number of benzene rings is 2. The van der Waals surface area contributed by atoms with E-state index in [4.69, 9.17) is 0 Å². The number of aliphatic hydroxyl groups is 1. The summed E-state index contributed by atoms with van der Waals surface area (Å²) in [5.41, 5.74) is 3.56. The molecule has 6 nitrogen and oxygen atoms in total. The average Bonchev–Trinajstić information content (AvgIpc) is 2.75. The maximum Gasteiger partial charge on any atom is 0.238 e. The van der Waals surface area contributed by atoms with Gasteiger partial charge in [0, 0.05) is 35.8 Å². The Balaban J connectivity index is 1.27. The minimum Gasteiger partial charge on any atom is -0.392 e. The minimum atomic E-state index is -0.0147. The number of carbonyl (C=O) groups is 1. The number of aliphatic hydroxyl groups excluding tert-OH is 1. The fraction of sp³-hybridized carbons (Fsp3) is 0.304. The molecule has 1 saturated heterocycles. The monoisotopic (exact) mass is 390 g/mol. The zero-order valence-electron chi connectivity index (χ0n) is 16.3. The molecule has 3 N–H and O–H groups in total. The van der Waals surface area contributed by atoms with Gasteiger partial charge in [0.25, 0.3) is 0 Å². The molecule has 3 aromatic rings. The fourth-order valence-electron chi connectivity index (χ4n) is 3.80.